The van der Waals surface area contributed by atoms with Crippen LogP contribution in [0.1, 0.15) is 28.0 Å². The second kappa shape index (κ2) is 5.92. The van der Waals surface area contributed by atoms with E-state index in [1.807, 2.05) is 0 Å². The Bertz CT molecular complexity index is 598. The van der Waals surface area contributed by atoms with Crippen molar-refractivity contribution in [3.8, 4) is 0 Å². The molecule has 0 bridgehead atoms. The van der Waals surface area contributed by atoms with Gasteiger partial charge in [-0.2, -0.15) is 0 Å². The number of aromatic nitrogens is 2. The Balaban J connectivity index is 1.57. The van der Waals surface area contributed by atoms with Crippen LogP contribution < -0.4 is 0 Å². The Morgan fingerprint density at radius 1 is 1.20 bits per heavy atom. The maximum atomic E-state index is 12.0. The van der Waals surface area contributed by atoms with Gasteiger partial charge in [-0.3, -0.25) is 14.7 Å². The van der Waals surface area contributed by atoms with Crippen molar-refractivity contribution in [1.29, 1.82) is 0 Å². The number of fused-ring (bicyclic) bond motifs is 1. The van der Waals surface area contributed by atoms with Crippen molar-refractivity contribution in [2.75, 3.05) is 13.1 Å². The largest absolute Gasteiger partial charge is 0.298 e. The van der Waals surface area contributed by atoms with Crippen molar-refractivity contribution >= 4 is 5.78 Å². The molecule has 0 atom stereocenters. The smallest absolute Gasteiger partial charge is 0.184 e. The molecule has 4 heteroatoms. The molecule has 0 spiro atoms. The molecule has 1 aromatic heterocycles. The van der Waals surface area contributed by atoms with Crippen LogP contribution in [-0.2, 0) is 13.0 Å². The predicted octanol–water partition coefficient (Wildman–Crippen LogP) is 2.11. The average Bonchev–Trinajstić information content (AvgIpc) is 2.53. The highest BCUT2D eigenvalue weighted by molar-refractivity contribution is 5.93. The van der Waals surface area contributed by atoms with Gasteiger partial charge in [-0.05, 0) is 17.5 Å². The molecule has 0 N–H and O–H groups in total. The summed E-state index contributed by atoms with van der Waals surface area (Å²) in [4.78, 5) is 22.3. The van der Waals surface area contributed by atoms with Crippen LogP contribution in [0.5, 0.6) is 0 Å². The van der Waals surface area contributed by atoms with Crippen LogP contribution in [0.4, 0.5) is 0 Å². The van der Waals surface area contributed by atoms with Gasteiger partial charge < -0.3 is 0 Å². The van der Waals surface area contributed by atoms with Crippen molar-refractivity contribution in [2.45, 2.75) is 19.4 Å². The molecule has 0 unspecified atom stereocenters. The first-order valence-corrected chi connectivity index (χ1v) is 6.91. The van der Waals surface area contributed by atoms with Gasteiger partial charge in [0.15, 0.2) is 5.78 Å². The zero-order valence-electron chi connectivity index (χ0n) is 11.3. The molecule has 1 aromatic carbocycles. The van der Waals surface area contributed by atoms with Gasteiger partial charge in [-0.15, -0.1) is 0 Å². The zero-order valence-corrected chi connectivity index (χ0v) is 11.3. The van der Waals surface area contributed by atoms with Crippen LogP contribution in [0.3, 0.4) is 0 Å². The van der Waals surface area contributed by atoms with Gasteiger partial charge in [0.05, 0.1) is 6.20 Å². The molecule has 2 heterocycles. The van der Waals surface area contributed by atoms with E-state index in [0.717, 1.165) is 26.1 Å². The lowest BCUT2D eigenvalue weighted by Crippen LogP contribution is -2.32. The highest BCUT2D eigenvalue weighted by atomic mass is 16.1. The summed E-state index contributed by atoms with van der Waals surface area (Å²) >= 11 is 0. The normalized spacial score (nSPS) is 14.8. The van der Waals surface area contributed by atoms with E-state index in [2.05, 4.69) is 39.1 Å². The Hall–Kier alpha value is -2.07. The van der Waals surface area contributed by atoms with Gasteiger partial charge in [0, 0.05) is 38.4 Å². The minimum atomic E-state index is 0.0666. The fraction of sp³-hybridized carbons (Fsp3) is 0.312. The summed E-state index contributed by atoms with van der Waals surface area (Å²) in [6.45, 7) is 2.73. The van der Waals surface area contributed by atoms with E-state index in [1.54, 1.807) is 12.4 Å². The predicted molar refractivity (Wildman–Crippen MR) is 76.4 cm³/mol. The summed E-state index contributed by atoms with van der Waals surface area (Å²) in [5.41, 5.74) is 3.28. The third kappa shape index (κ3) is 2.91. The van der Waals surface area contributed by atoms with Gasteiger partial charge in [-0.1, -0.05) is 24.3 Å². The van der Waals surface area contributed by atoms with Crippen LogP contribution >= 0.6 is 0 Å². The second-order valence-electron chi connectivity index (χ2n) is 5.06. The highest BCUT2D eigenvalue weighted by Gasteiger charge is 2.17. The fourth-order valence-corrected chi connectivity index (χ4v) is 2.58. The summed E-state index contributed by atoms with van der Waals surface area (Å²) in [5, 5.41) is 0. The number of hydrogen-bond acceptors (Lipinski definition) is 4. The molecule has 0 saturated carbocycles. The Morgan fingerprint density at radius 3 is 2.85 bits per heavy atom. The maximum Gasteiger partial charge on any atom is 0.184 e. The molecule has 0 fully saturated rings. The number of hydrogen-bond donors (Lipinski definition) is 0. The summed E-state index contributed by atoms with van der Waals surface area (Å²) in [5.74, 6) is 0.0666. The molecule has 2 aromatic rings. The number of rotatable bonds is 4. The molecule has 4 nitrogen and oxygen atoms in total. The molecule has 3 rings (SSSR count). The van der Waals surface area contributed by atoms with Crippen molar-refractivity contribution in [1.82, 2.24) is 14.9 Å². The maximum absolute atomic E-state index is 12.0. The fourth-order valence-electron chi connectivity index (χ4n) is 2.58. The van der Waals surface area contributed by atoms with Gasteiger partial charge in [-0.25, -0.2) is 4.98 Å². The molecule has 102 valence electrons. The first-order valence-electron chi connectivity index (χ1n) is 6.91. The Kier molecular flexibility index (Phi) is 3.83. The Labute approximate surface area is 118 Å². The van der Waals surface area contributed by atoms with Gasteiger partial charge in [0.25, 0.3) is 0 Å². The molecule has 1 aliphatic rings. The lowest BCUT2D eigenvalue weighted by Gasteiger charge is -2.28. The summed E-state index contributed by atoms with van der Waals surface area (Å²) in [6.07, 6.45) is 6.24. The molecule has 1 aliphatic heterocycles. The summed E-state index contributed by atoms with van der Waals surface area (Å²) < 4.78 is 0. The monoisotopic (exact) mass is 267 g/mol. The van der Waals surface area contributed by atoms with Gasteiger partial charge in [0.1, 0.15) is 5.69 Å². The quantitative estimate of drug-likeness (QED) is 0.796. The molecule has 20 heavy (non-hydrogen) atoms. The third-order valence-electron chi connectivity index (χ3n) is 3.71. The second-order valence-corrected chi connectivity index (χ2v) is 5.06. The minimum absolute atomic E-state index is 0.0666. The number of benzene rings is 1. The zero-order chi connectivity index (χ0) is 13.8. The molecular formula is C16H17N3O. The average molecular weight is 267 g/mol. The van der Waals surface area contributed by atoms with E-state index < -0.39 is 0 Å². The lowest BCUT2D eigenvalue weighted by atomic mass is 10.00. The van der Waals surface area contributed by atoms with Crippen LogP contribution in [0.25, 0.3) is 0 Å². The molecule has 0 amide bonds. The van der Waals surface area contributed by atoms with Crippen molar-refractivity contribution in [2.24, 2.45) is 0 Å². The van der Waals surface area contributed by atoms with Crippen LogP contribution in [0.15, 0.2) is 42.9 Å². The number of carbonyl (C=O) groups excluding carboxylic acids is 1. The van der Waals surface area contributed by atoms with Crippen LogP contribution in [0, 0.1) is 0 Å². The van der Waals surface area contributed by atoms with E-state index in [0.29, 0.717) is 12.1 Å². The minimum Gasteiger partial charge on any atom is -0.298 e. The van der Waals surface area contributed by atoms with E-state index >= 15 is 0 Å². The number of nitrogens with zero attached hydrogens (tertiary/aromatic N) is 3. The summed E-state index contributed by atoms with van der Waals surface area (Å²) in [6, 6.07) is 8.53. The lowest BCUT2D eigenvalue weighted by molar-refractivity contribution is 0.0955. The molecular weight excluding hydrogens is 250 g/mol. The van der Waals surface area contributed by atoms with E-state index in [4.69, 9.17) is 0 Å². The SMILES string of the molecule is O=C(CCN1CCc2ccccc2C1)c1cnccn1. The first-order chi connectivity index (χ1) is 9.83. The topological polar surface area (TPSA) is 46.1 Å². The van der Waals surface area contributed by atoms with Crippen LogP contribution in [0.2, 0.25) is 0 Å². The molecule has 0 radical (unpaired) electrons. The Morgan fingerprint density at radius 2 is 2.05 bits per heavy atom. The van der Waals surface area contributed by atoms with E-state index in [1.165, 1.54) is 17.3 Å². The van der Waals surface area contributed by atoms with E-state index in [9.17, 15) is 4.79 Å². The van der Waals surface area contributed by atoms with Crippen molar-refractivity contribution < 1.29 is 4.79 Å². The molecule has 0 aliphatic carbocycles. The standard InChI is InChI=1S/C16H17N3O/c20-16(15-11-17-7-8-18-15)6-10-19-9-5-13-3-1-2-4-14(13)12-19/h1-4,7-8,11H,5-6,9-10,12H2. The highest BCUT2D eigenvalue weighted by Crippen LogP contribution is 2.18. The summed E-state index contributed by atoms with van der Waals surface area (Å²) in [7, 11) is 0. The molecule has 0 saturated heterocycles. The van der Waals surface area contributed by atoms with E-state index in [-0.39, 0.29) is 5.78 Å². The van der Waals surface area contributed by atoms with Crippen LogP contribution in [-0.4, -0.2) is 33.7 Å². The number of ketones is 1. The van der Waals surface area contributed by atoms with Gasteiger partial charge in [0.2, 0.25) is 0 Å². The number of carbonyl (C=O) groups is 1. The third-order valence-corrected chi connectivity index (χ3v) is 3.71. The van der Waals surface area contributed by atoms with Gasteiger partial charge >= 0.3 is 0 Å². The van der Waals surface area contributed by atoms with Crippen molar-refractivity contribution in [3.63, 3.8) is 0 Å². The first kappa shape index (κ1) is 12.9. The van der Waals surface area contributed by atoms with Crippen molar-refractivity contribution in [3.05, 3.63) is 59.7 Å². The number of Topliss-reactive ketones (excluding diaryl/α,β-unsaturated/α-hetero) is 1.